The van der Waals surface area contributed by atoms with E-state index in [1.165, 1.54) is 5.56 Å². The number of rotatable bonds is 3. The highest BCUT2D eigenvalue weighted by atomic mass is 16.3. The molecule has 2 aromatic carbocycles. The van der Waals surface area contributed by atoms with Gasteiger partial charge in [0.1, 0.15) is 11.3 Å². The van der Waals surface area contributed by atoms with Crippen LogP contribution in [0.3, 0.4) is 0 Å². The molecular weight excluding hydrogens is 366 g/mol. The Balaban J connectivity index is 1.40. The van der Waals surface area contributed by atoms with Gasteiger partial charge in [-0.05, 0) is 30.7 Å². The van der Waals surface area contributed by atoms with Crippen LogP contribution in [0.5, 0.6) is 0 Å². The Labute approximate surface area is 168 Å². The first-order chi connectivity index (χ1) is 14.1. The predicted octanol–water partition coefficient (Wildman–Crippen LogP) is 3.54. The fourth-order valence-electron chi connectivity index (χ4n) is 4.02. The number of aryl methyl sites for hydroxylation is 1. The second kappa shape index (κ2) is 6.84. The van der Waals surface area contributed by atoms with E-state index in [1.807, 2.05) is 29.2 Å². The van der Waals surface area contributed by atoms with Crippen molar-refractivity contribution in [3.63, 3.8) is 0 Å². The number of hydrogen-bond acceptors (Lipinski definition) is 5. The van der Waals surface area contributed by atoms with Crippen LogP contribution in [-0.4, -0.2) is 37.1 Å². The summed E-state index contributed by atoms with van der Waals surface area (Å²) in [5, 5.41) is 8.78. The van der Waals surface area contributed by atoms with Crippen molar-refractivity contribution in [2.75, 3.05) is 6.54 Å². The Morgan fingerprint density at radius 1 is 1.17 bits per heavy atom. The van der Waals surface area contributed by atoms with Crippen LogP contribution in [0.25, 0.3) is 11.1 Å². The van der Waals surface area contributed by atoms with Gasteiger partial charge in [-0.15, -0.1) is 10.2 Å². The van der Waals surface area contributed by atoms with Crippen molar-refractivity contribution in [1.82, 2.24) is 24.6 Å². The molecule has 0 spiro atoms. The molecule has 29 heavy (non-hydrogen) atoms. The second-order valence-corrected chi connectivity index (χ2v) is 7.51. The van der Waals surface area contributed by atoms with Crippen LogP contribution in [0.15, 0.2) is 52.9 Å². The maximum atomic E-state index is 13.1. The average Bonchev–Trinajstić information content (AvgIpc) is 3.30. The number of carbonyl (C=O) groups is 1. The van der Waals surface area contributed by atoms with E-state index in [0.717, 1.165) is 23.6 Å². The number of hydrogen-bond donors (Lipinski definition) is 0. The highest BCUT2D eigenvalue weighted by molar-refractivity contribution is 5.97. The second-order valence-electron chi connectivity index (χ2n) is 7.51. The normalized spacial score (nSPS) is 16.2. The summed E-state index contributed by atoms with van der Waals surface area (Å²) in [5.74, 6) is 2.31. The van der Waals surface area contributed by atoms with Crippen LogP contribution in [0, 0.1) is 6.92 Å². The fraction of sp³-hybridized carbons (Fsp3) is 0.273. The van der Waals surface area contributed by atoms with Gasteiger partial charge in [-0.25, -0.2) is 4.98 Å². The van der Waals surface area contributed by atoms with Crippen LogP contribution < -0.4 is 0 Å². The van der Waals surface area contributed by atoms with Gasteiger partial charge in [-0.2, -0.15) is 0 Å². The average molecular weight is 387 g/mol. The molecule has 0 saturated heterocycles. The molecule has 0 unspecified atom stereocenters. The van der Waals surface area contributed by atoms with Crippen molar-refractivity contribution < 1.29 is 9.21 Å². The lowest BCUT2D eigenvalue weighted by molar-refractivity contribution is 0.0680. The van der Waals surface area contributed by atoms with Gasteiger partial charge in [0.05, 0.1) is 12.6 Å². The predicted molar refractivity (Wildman–Crippen MR) is 107 cm³/mol. The van der Waals surface area contributed by atoms with E-state index in [-0.39, 0.29) is 11.9 Å². The maximum absolute atomic E-state index is 13.1. The summed E-state index contributed by atoms with van der Waals surface area (Å²) in [4.78, 5) is 19.2. The molecular formula is C22H21N5O2. The van der Waals surface area contributed by atoms with Crippen molar-refractivity contribution in [1.29, 1.82) is 0 Å². The first kappa shape index (κ1) is 17.6. The van der Waals surface area contributed by atoms with E-state index in [9.17, 15) is 4.79 Å². The maximum Gasteiger partial charge on any atom is 0.254 e. The van der Waals surface area contributed by atoms with Gasteiger partial charge in [0.15, 0.2) is 17.3 Å². The largest absolute Gasteiger partial charge is 0.441 e. The van der Waals surface area contributed by atoms with E-state index in [4.69, 9.17) is 4.42 Å². The third-order valence-electron chi connectivity index (χ3n) is 5.33. The number of benzene rings is 2. The SMILES string of the molecule is Cc1nc2ccc(C(=O)N3Cc4nnc(Cc5ccccc5)n4[C@@H](C)C3)cc2o1. The lowest BCUT2D eigenvalue weighted by atomic mass is 10.1. The molecule has 1 aliphatic heterocycles. The topological polar surface area (TPSA) is 77.1 Å². The zero-order valence-electron chi connectivity index (χ0n) is 16.4. The smallest absolute Gasteiger partial charge is 0.254 e. The Bertz CT molecular complexity index is 1190. The molecule has 2 aromatic heterocycles. The summed E-state index contributed by atoms with van der Waals surface area (Å²) in [6.45, 7) is 4.95. The van der Waals surface area contributed by atoms with Crippen LogP contribution in [-0.2, 0) is 13.0 Å². The monoisotopic (exact) mass is 387 g/mol. The van der Waals surface area contributed by atoms with Crippen molar-refractivity contribution in [2.24, 2.45) is 0 Å². The molecule has 0 radical (unpaired) electrons. The first-order valence-electron chi connectivity index (χ1n) is 9.71. The minimum atomic E-state index is -0.0355. The number of aromatic nitrogens is 4. The first-order valence-corrected chi connectivity index (χ1v) is 9.71. The van der Waals surface area contributed by atoms with Gasteiger partial charge in [0.25, 0.3) is 5.91 Å². The summed E-state index contributed by atoms with van der Waals surface area (Å²) < 4.78 is 7.74. The molecule has 0 fully saturated rings. The van der Waals surface area contributed by atoms with Gasteiger partial charge in [-0.3, -0.25) is 4.79 Å². The van der Waals surface area contributed by atoms with Crippen LogP contribution in [0.1, 0.15) is 46.4 Å². The number of fused-ring (bicyclic) bond motifs is 2. The molecule has 5 rings (SSSR count). The van der Waals surface area contributed by atoms with E-state index in [0.29, 0.717) is 30.1 Å². The van der Waals surface area contributed by atoms with Gasteiger partial charge >= 0.3 is 0 Å². The highest BCUT2D eigenvalue weighted by Crippen LogP contribution is 2.25. The van der Waals surface area contributed by atoms with E-state index >= 15 is 0 Å². The Kier molecular flexibility index (Phi) is 4.16. The van der Waals surface area contributed by atoms with E-state index in [2.05, 4.69) is 38.8 Å². The van der Waals surface area contributed by atoms with Crippen LogP contribution >= 0.6 is 0 Å². The summed E-state index contributed by atoms with van der Waals surface area (Å²) in [5.41, 5.74) is 3.19. The summed E-state index contributed by atoms with van der Waals surface area (Å²) >= 11 is 0. The summed E-state index contributed by atoms with van der Waals surface area (Å²) in [7, 11) is 0. The van der Waals surface area contributed by atoms with Crippen molar-refractivity contribution in [3.8, 4) is 0 Å². The fourth-order valence-corrected chi connectivity index (χ4v) is 4.02. The molecule has 0 bridgehead atoms. The standard InChI is InChI=1S/C22H21N5O2/c1-14-12-26(22(28)17-8-9-18-19(11-17)29-15(2)23-18)13-21-25-24-20(27(14)21)10-16-6-4-3-5-7-16/h3-9,11,14H,10,12-13H2,1-2H3/t14-/m0/s1. The van der Waals surface area contributed by atoms with E-state index < -0.39 is 0 Å². The molecule has 0 N–H and O–H groups in total. The Hall–Kier alpha value is -3.48. The van der Waals surface area contributed by atoms with Crippen LogP contribution in [0.4, 0.5) is 0 Å². The number of carbonyl (C=O) groups excluding carboxylic acids is 1. The number of oxazole rings is 1. The molecule has 1 amide bonds. The molecule has 1 aliphatic rings. The summed E-state index contributed by atoms with van der Waals surface area (Å²) in [6.07, 6.45) is 0.730. The zero-order chi connectivity index (χ0) is 20.0. The third kappa shape index (κ3) is 3.18. The van der Waals surface area contributed by atoms with Crippen molar-refractivity contribution >= 4 is 17.0 Å². The summed E-state index contributed by atoms with van der Waals surface area (Å²) in [6, 6.07) is 15.7. The molecule has 7 heteroatoms. The molecule has 3 heterocycles. The molecule has 7 nitrogen and oxygen atoms in total. The van der Waals surface area contributed by atoms with Gasteiger partial charge in [0.2, 0.25) is 0 Å². The number of amides is 1. The lowest BCUT2D eigenvalue weighted by Crippen LogP contribution is -2.40. The third-order valence-corrected chi connectivity index (χ3v) is 5.33. The molecule has 4 aromatic rings. The zero-order valence-corrected chi connectivity index (χ0v) is 16.4. The molecule has 146 valence electrons. The Morgan fingerprint density at radius 3 is 2.83 bits per heavy atom. The Morgan fingerprint density at radius 2 is 2.00 bits per heavy atom. The van der Waals surface area contributed by atoms with Crippen molar-refractivity contribution in [2.45, 2.75) is 32.9 Å². The van der Waals surface area contributed by atoms with Gasteiger partial charge in [0, 0.05) is 25.5 Å². The van der Waals surface area contributed by atoms with Gasteiger partial charge < -0.3 is 13.9 Å². The highest BCUT2D eigenvalue weighted by Gasteiger charge is 2.30. The minimum absolute atomic E-state index is 0.0355. The quantitative estimate of drug-likeness (QED) is 0.537. The van der Waals surface area contributed by atoms with Crippen molar-refractivity contribution in [3.05, 3.63) is 77.2 Å². The van der Waals surface area contributed by atoms with Crippen LogP contribution in [0.2, 0.25) is 0 Å². The van der Waals surface area contributed by atoms with E-state index in [1.54, 1.807) is 19.1 Å². The number of nitrogens with zero attached hydrogens (tertiary/aromatic N) is 5. The molecule has 0 aliphatic carbocycles. The molecule has 1 atom stereocenters. The van der Waals surface area contributed by atoms with Gasteiger partial charge in [-0.1, -0.05) is 30.3 Å². The molecule has 0 saturated carbocycles. The minimum Gasteiger partial charge on any atom is -0.441 e. The lowest BCUT2D eigenvalue weighted by Gasteiger charge is -2.32.